The lowest BCUT2D eigenvalue weighted by Gasteiger charge is -2.36. The molecule has 4 atom stereocenters. The third-order valence-corrected chi connectivity index (χ3v) is 6.91. The number of halogens is 1. The number of primary amides is 1. The second kappa shape index (κ2) is 9.97. The van der Waals surface area contributed by atoms with Crippen LogP contribution in [0.3, 0.4) is 0 Å². The molecule has 0 unspecified atom stereocenters. The van der Waals surface area contributed by atoms with Gasteiger partial charge in [0, 0.05) is 43.6 Å². The summed E-state index contributed by atoms with van der Waals surface area (Å²) in [6.45, 7) is 10.1. The van der Waals surface area contributed by atoms with E-state index in [0.717, 1.165) is 43.6 Å². The first-order chi connectivity index (χ1) is 16.2. The van der Waals surface area contributed by atoms with Crippen molar-refractivity contribution in [3.05, 3.63) is 47.9 Å². The Hall–Kier alpha value is -3.20. The molecule has 0 bridgehead atoms. The Morgan fingerprint density at radius 1 is 1.15 bits per heavy atom. The Labute approximate surface area is 200 Å². The third-order valence-electron chi connectivity index (χ3n) is 6.91. The van der Waals surface area contributed by atoms with Gasteiger partial charge in [-0.05, 0) is 49.6 Å². The first-order valence-electron chi connectivity index (χ1n) is 11.8. The van der Waals surface area contributed by atoms with Crippen molar-refractivity contribution in [3.63, 3.8) is 0 Å². The van der Waals surface area contributed by atoms with Gasteiger partial charge in [-0.1, -0.05) is 26.0 Å². The van der Waals surface area contributed by atoms with E-state index >= 15 is 0 Å². The number of nitrogens with zero attached hydrogens (tertiary/aromatic N) is 4. The summed E-state index contributed by atoms with van der Waals surface area (Å²) in [7, 11) is 2.14. The van der Waals surface area contributed by atoms with Crippen LogP contribution in [-0.2, 0) is 4.79 Å². The number of piperazine rings is 1. The van der Waals surface area contributed by atoms with Gasteiger partial charge in [0.15, 0.2) is 11.6 Å². The van der Waals surface area contributed by atoms with Crippen molar-refractivity contribution in [2.75, 3.05) is 48.8 Å². The summed E-state index contributed by atoms with van der Waals surface area (Å²) in [6, 6.07) is 5.77. The van der Waals surface area contributed by atoms with E-state index in [0.29, 0.717) is 0 Å². The molecule has 4 rings (SSSR count). The molecule has 1 fully saturated rings. The zero-order chi connectivity index (χ0) is 24.4. The zero-order valence-corrected chi connectivity index (χ0v) is 20.3. The van der Waals surface area contributed by atoms with E-state index in [2.05, 4.69) is 50.4 Å². The van der Waals surface area contributed by atoms with Gasteiger partial charge in [0.2, 0.25) is 11.9 Å². The van der Waals surface area contributed by atoms with Gasteiger partial charge >= 0.3 is 0 Å². The Morgan fingerprint density at radius 2 is 1.85 bits per heavy atom. The third kappa shape index (κ3) is 5.14. The van der Waals surface area contributed by atoms with E-state index in [-0.39, 0.29) is 29.6 Å². The molecule has 2 heterocycles. The van der Waals surface area contributed by atoms with Gasteiger partial charge in [-0.2, -0.15) is 4.98 Å². The topological polar surface area (TPSA) is 99.4 Å². The number of aromatic nitrogens is 2. The van der Waals surface area contributed by atoms with E-state index < -0.39 is 17.6 Å². The lowest BCUT2D eigenvalue weighted by Crippen LogP contribution is -2.47. The van der Waals surface area contributed by atoms with E-state index in [9.17, 15) is 9.18 Å². The molecule has 182 valence electrons. The van der Waals surface area contributed by atoms with E-state index in [1.165, 1.54) is 5.69 Å². The highest BCUT2D eigenvalue weighted by molar-refractivity contribution is 5.79. The van der Waals surface area contributed by atoms with Crippen LogP contribution < -0.4 is 21.3 Å². The average Bonchev–Trinajstić information content (AvgIpc) is 2.79. The van der Waals surface area contributed by atoms with Crippen molar-refractivity contribution in [3.8, 4) is 0 Å². The SMILES string of the molecule is Cc1cc(Nc2ncc(F)c(N[C@H]3[C@@H](C(N)=O)[C@H](C)C=C[C@@H]3C)n2)ccc1N1CCN(C)CC1. The Morgan fingerprint density at radius 3 is 2.53 bits per heavy atom. The Bertz CT molecular complexity index is 1070. The number of aryl methyl sites for hydroxylation is 1. The summed E-state index contributed by atoms with van der Waals surface area (Å²) in [5, 5.41) is 6.30. The van der Waals surface area contributed by atoms with E-state index in [1.807, 2.05) is 38.1 Å². The van der Waals surface area contributed by atoms with Gasteiger partial charge in [-0.25, -0.2) is 9.37 Å². The number of benzene rings is 1. The summed E-state index contributed by atoms with van der Waals surface area (Å²) in [5.41, 5.74) is 8.85. The number of hydrogen-bond donors (Lipinski definition) is 3. The number of rotatable bonds is 6. The molecule has 0 saturated carbocycles. The van der Waals surface area contributed by atoms with Crippen LogP contribution in [0.1, 0.15) is 19.4 Å². The molecular weight excluding hydrogens is 433 g/mol. The number of hydrogen-bond acceptors (Lipinski definition) is 7. The fraction of sp³-hybridized carbons (Fsp3) is 0.480. The van der Waals surface area contributed by atoms with Gasteiger partial charge in [0.1, 0.15) is 0 Å². The highest BCUT2D eigenvalue weighted by atomic mass is 19.1. The number of amides is 1. The molecule has 0 radical (unpaired) electrons. The lowest BCUT2D eigenvalue weighted by molar-refractivity contribution is -0.123. The predicted octanol–water partition coefficient (Wildman–Crippen LogP) is 3.14. The van der Waals surface area contributed by atoms with Crippen molar-refractivity contribution in [1.82, 2.24) is 14.9 Å². The van der Waals surface area contributed by atoms with Crippen LogP contribution >= 0.6 is 0 Å². The lowest BCUT2D eigenvalue weighted by atomic mass is 9.76. The second-order valence-electron chi connectivity index (χ2n) is 9.51. The highest BCUT2D eigenvalue weighted by Crippen LogP contribution is 2.32. The molecule has 4 N–H and O–H groups in total. The molecule has 1 aromatic heterocycles. The van der Waals surface area contributed by atoms with Crippen LogP contribution in [0.2, 0.25) is 0 Å². The predicted molar refractivity (Wildman–Crippen MR) is 134 cm³/mol. The molecule has 1 aromatic carbocycles. The number of allylic oxidation sites excluding steroid dienone is 1. The largest absolute Gasteiger partial charge is 0.369 e. The number of likely N-dealkylation sites (N-methyl/N-ethyl adjacent to an activating group) is 1. The maximum atomic E-state index is 14.6. The molecule has 1 aliphatic carbocycles. The molecule has 8 nitrogen and oxygen atoms in total. The Kier molecular flexibility index (Phi) is 7.02. The number of nitrogens with one attached hydrogen (secondary N) is 2. The quantitative estimate of drug-likeness (QED) is 0.561. The molecule has 1 aliphatic heterocycles. The fourth-order valence-corrected chi connectivity index (χ4v) is 4.85. The summed E-state index contributed by atoms with van der Waals surface area (Å²) in [5.74, 6) is -1.18. The first-order valence-corrected chi connectivity index (χ1v) is 11.8. The first kappa shape index (κ1) is 23.9. The van der Waals surface area contributed by atoms with Crippen LogP contribution in [0.25, 0.3) is 0 Å². The standard InChI is InChI=1S/C25H34FN7O/c1-15-5-6-16(2)22(21(15)23(27)34)30-24-19(26)14-28-25(31-24)29-18-7-8-20(17(3)13-18)33-11-9-32(4)10-12-33/h5-8,13-16,21-22H,9-12H2,1-4H3,(H2,27,34)(H2,28,29,30,31)/t15-,16+,21+,22-/m1/s1. The summed E-state index contributed by atoms with van der Waals surface area (Å²) >= 11 is 0. The van der Waals surface area contributed by atoms with Gasteiger partial charge in [0.25, 0.3) is 0 Å². The summed E-state index contributed by atoms with van der Waals surface area (Å²) in [6.07, 6.45) is 5.13. The van der Waals surface area contributed by atoms with Crippen LogP contribution in [-0.4, -0.2) is 60.0 Å². The van der Waals surface area contributed by atoms with Gasteiger partial charge in [-0.3, -0.25) is 4.79 Å². The highest BCUT2D eigenvalue weighted by Gasteiger charge is 2.37. The van der Waals surface area contributed by atoms with Crippen molar-refractivity contribution in [2.24, 2.45) is 23.5 Å². The zero-order valence-electron chi connectivity index (χ0n) is 20.3. The maximum absolute atomic E-state index is 14.6. The van der Waals surface area contributed by atoms with Gasteiger partial charge < -0.3 is 26.2 Å². The summed E-state index contributed by atoms with van der Waals surface area (Å²) < 4.78 is 14.6. The van der Waals surface area contributed by atoms with Gasteiger partial charge in [-0.15, -0.1) is 0 Å². The summed E-state index contributed by atoms with van der Waals surface area (Å²) in [4.78, 5) is 25.3. The van der Waals surface area contributed by atoms with Crippen molar-refractivity contribution >= 4 is 29.0 Å². The molecule has 2 aliphatic rings. The number of nitrogens with two attached hydrogens (primary N) is 1. The number of carbonyl (C=O) groups is 1. The van der Waals surface area contributed by atoms with Gasteiger partial charge in [0.05, 0.1) is 12.1 Å². The minimum Gasteiger partial charge on any atom is -0.369 e. The monoisotopic (exact) mass is 467 g/mol. The molecule has 9 heteroatoms. The molecule has 34 heavy (non-hydrogen) atoms. The average molecular weight is 468 g/mol. The second-order valence-corrected chi connectivity index (χ2v) is 9.51. The maximum Gasteiger partial charge on any atom is 0.229 e. The molecule has 1 amide bonds. The fourth-order valence-electron chi connectivity index (χ4n) is 4.85. The minimum absolute atomic E-state index is 0.00996. The smallest absolute Gasteiger partial charge is 0.229 e. The van der Waals surface area contributed by atoms with Crippen molar-refractivity contribution in [1.29, 1.82) is 0 Å². The molecular formula is C25H34FN7O. The van der Waals surface area contributed by atoms with Crippen molar-refractivity contribution in [2.45, 2.75) is 26.8 Å². The van der Waals surface area contributed by atoms with Crippen LogP contribution in [0.15, 0.2) is 36.5 Å². The molecule has 2 aromatic rings. The molecule has 1 saturated heterocycles. The molecule has 0 spiro atoms. The van der Waals surface area contributed by atoms with E-state index in [4.69, 9.17) is 5.73 Å². The van der Waals surface area contributed by atoms with Crippen LogP contribution in [0, 0.1) is 30.5 Å². The number of anilines is 4. The Balaban J connectivity index is 1.51. The minimum atomic E-state index is -0.579. The van der Waals surface area contributed by atoms with E-state index in [1.54, 1.807) is 0 Å². The normalized spacial score (nSPS) is 25.3. The van der Waals surface area contributed by atoms with Crippen LogP contribution in [0.5, 0.6) is 0 Å². The van der Waals surface area contributed by atoms with Crippen LogP contribution in [0.4, 0.5) is 27.5 Å². The van der Waals surface area contributed by atoms with Crippen molar-refractivity contribution < 1.29 is 9.18 Å². The number of carbonyl (C=O) groups excluding carboxylic acids is 1.